The van der Waals surface area contributed by atoms with Gasteiger partial charge in [-0.15, -0.1) is 11.3 Å². The first-order chi connectivity index (χ1) is 11.7. The maximum absolute atomic E-state index is 12.3. The molecule has 0 bridgehead atoms. The van der Waals surface area contributed by atoms with Crippen molar-refractivity contribution in [1.29, 1.82) is 0 Å². The lowest BCUT2D eigenvalue weighted by Gasteiger charge is -2.08. The van der Waals surface area contributed by atoms with Gasteiger partial charge in [0.1, 0.15) is 5.75 Å². The largest absolute Gasteiger partial charge is 0.496 e. The molecular formula is C18H13BrN2O2S. The first-order valence-corrected chi connectivity index (χ1v) is 9.00. The molecule has 1 aromatic heterocycles. The molecule has 4 nitrogen and oxygen atoms in total. The predicted octanol–water partition coefficient (Wildman–Crippen LogP) is 4.74. The SMILES string of the molecule is COc1ccc(Br)c2c1-c1nc(NC(=O)c3ccccc3)sc1C2. The second-order valence-corrected chi connectivity index (χ2v) is 7.33. The molecule has 0 unspecified atom stereocenters. The summed E-state index contributed by atoms with van der Waals surface area (Å²) in [5.41, 5.74) is 3.72. The molecule has 1 N–H and O–H groups in total. The Bertz CT molecular complexity index is 938. The number of fused-ring (bicyclic) bond motifs is 3. The lowest BCUT2D eigenvalue weighted by molar-refractivity contribution is 0.102. The number of methoxy groups -OCH3 is 1. The smallest absolute Gasteiger partial charge is 0.257 e. The summed E-state index contributed by atoms with van der Waals surface area (Å²) in [6, 6.07) is 13.1. The Kier molecular flexibility index (Phi) is 3.86. The number of aromatic nitrogens is 1. The third-order valence-electron chi connectivity index (χ3n) is 3.97. The van der Waals surface area contributed by atoms with Crippen LogP contribution in [0.4, 0.5) is 5.13 Å². The third-order valence-corrected chi connectivity index (χ3v) is 5.68. The van der Waals surface area contributed by atoms with Crippen molar-refractivity contribution in [1.82, 2.24) is 4.98 Å². The zero-order chi connectivity index (χ0) is 16.7. The Balaban J connectivity index is 1.67. The average Bonchev–Trinajstić information content (AvgIpc) is 3.14. The normalized spacial score (nSPS) is 11.8. The number of carbonyl (C=O) groups excluding carboxylic acids is 1. The lowest BCUT2D eigenvalue weighted by atomic mass is 10.1. The van der Waals surface area contributed by atoms with Crippen molar-refractivity contribution < 1.29 is 9.53 Å². The van der Waals surface area contributed by atoms with Crippen LogP contribution in [0.15, 0.2) is 46.9 Å². The number of hydrogen-bond acceptors (Lipinski definition) is 4. The number of thiazole rings is 1. The average molecular weight is 401 g/mol. The highest BCUT2D eigenvalue weighted by Gasteiger charge is 2.28. The van der Waals surface area contributed by atoms with Crippen LogP contribution in [0.5, 0.6) is 5.75 Å². The number of hydrogen-bond donors (Lipinski definition) is 1. The van der Waals surface area contributed by atoms with Crippen molar-refractivity contribution in [2.75, 3.05) is 12.4 Å². The minimum atomic E-state index is -0.149. The Morgan fingerprint density at radius 1 is 1.25 bits per heavy atom. The summed E-state index contributed by atoms with van der Waals surface area (Å²) in [6.07, 6.45) is 0.793. The quantitative estimate of drug-likeness (QED) is 0.540. The van der Waals surface area contributed by atoms with E-state index in [1.165, 1.54) is 16.9 Å². The summed E-state index contributed by atoms with van der Waals surface area (Å²) in [6.45, 7) is 0. The molecule has 6 heteroatoms. The monoisotopic (exact) mass is 400 g/mol. The van der Waals surface area contributed by atoms with Crippen LogP contribution >= 0.6 is 27.3 Å². The van der Waals surface area contributed by atoms with E-state index in [0.717, 1.165) is 32.8 Å². The van der Waals surface area contributed by atoms with Gasteiger partial charge in [0.05, 0.1) is 12.8 Å². The summed E-state index contributed by atoms with van der Waals surface area (Å²) in [7, 11) is 1.66. The predicted molar refractivity (Wildman–Crippen MR) is 99.0 cm³/mol. The molecule has 1 heterocycles. The van der Waals surface area contributed by atoms with Crippen molar-refractivity contribution in [3.8, 4) is 17.0 Å². The molecule has 0 saturated carbocycles. The van der Waals surface area contributed by atoms with E-state index in [9.17, 15) is 4.79 Å². The van der Waals surface area contributed by atoms with Crippen LogP contribution in [-0.2, 0) is 6.42 Å². The van der Waals surface area contributed by atoms with Gasteiger partial charge in [0, 0.05) is 26.9 Å². The van der Waals surface area contributed by atoms with Crippen LogP contribution < -0.4 is 10.1 Å². The molecule has 1 aliphatic carbocycles. The molecule has 0 spiro atoms. The highest BCUT2D eigenvalue weighted by molar-refractivity contribution is 9.10. The summed E-state index contributed by atoms with van der Waals surface area (Å²) in [5, 5.41) is 3.50. The minimum absolute atomic E-state index is 0.149. The second kappa shape index (κ2) is 6.03. The van der Waals surface area contributed by atoms with E-state index >= 15 is 0 Å². The number of halogens is 1. The van der Waals surface area contributed by atoms with E-state index in [-0.39, 0.29) is 5.91 Å². The van der Waals surface area contributed by atoms with Crippen LogP contribution in [0.3, 0.4) is 0 Å². The number of nitrogens with one attached hydrogen (secondary N) is 1. The molecule has 0 atom stereocenters. The number of anilines is 1. The highest BCUT2D eigenvalue weighted by Crippen LogP contribution is 2.48. The zero-order valence-electron chi connectivity index (χ0n) is 12.8. The van der Waals surface area contributed by atoms with Gasteiger partial charge in [-0.3, -0.25) is 10.1 Å². The number of amides is 1. The van der Waals surface area contributed by atoms with Crippen molar-refractivity contribution in [3.05, 3.63) is 62.9 Å². The van der Waals surface area contributed by atoms with Gasteiger partial charge in [0.25, 0.3) is 5.91 Å². The van der Waals surface area contributed by atoms with Gasteiger partial charge in [-0.1, -0.05) is 34.1 Å². The molecule has 24 heavy (non-hydrogen) atoms. The fourth-order valence-corrected chi connectivity index (χ4v) is 4.29. The highest BCUT2D eigenvalue weighted by atomic mass is 79.9. The van der Waals surface area contributed by atoms with Crippen molar-refractivity contribution in [2.24, 2.45) is 0 Å². The Morgan fingerprint density at radius 3 is 2.79 bits per heavy atom. The van der Waals surface area contributed by atoms with Crippen LogP contribution in [-0.4, -0.2) is 18.0 Å². The van der Waals surface area contributed by atoms with Gasteiger partial charge in [-0.2, -0.15) is 0 Å². The maximum Gasteiger partial charge on any atom is 0.257 e. The Hall–Kier alpha value is -2.18. The van der Waals surface area contributed by atoms with Gasteiger partial charge in [0.15, 0.2) is 5.13 Å². The molecule has 0 saturated heterocycles. The van der Waals surface area contributed by atoms with E-state index in [0.29, 0.717) is 10.7 Å². The number of benzene rings is 2. The summed E-state index contributed by atoms with van der Waals surface area (Å²) in [5.74, 6) is 0.655. The topological polar surface area (TPSA) is 51.2 Å². The number of nitrogens with zero attached hydrogens (tertiary/aromatic N) is 1. The molecule has 0 radical (unpaired) electrons. The van der Waals surface area contributed by atoms with Gasteiger partial charge in [-0.25, -0.2) is 4.98 Å². The molecule has 1 amide bonds. The van der Waals surface area contributed by atoms with E-state index in [1.54, 1.807) is 19.2 Å². The second-order valence-electron chi connectivity index (χ2n) is 5.39. The molecule has 3 aromatic rings. The van der Waals surface area contributed by atoms with Crippen LogP contribution in [0.1, 0.15) is 20.8 Å². The van der Waals surface area contributed by atoms with Gasteiger partial charge < -0.3 is 4.74 Å². The fourth-order valence-electron chi connectivity index (χ4n) is 2.84. The standard InChI is InChI=1S/C18H13BrN2O2S/c1-23-13-8-7-12(19)11-9-14-16(15(11)13)20-18(24-14)21-17(22)10-5-3-2-4-6-10/h2-8H,9H2,1H3,(H,20,21,22). The van der Waals surface area contributed by atoms with Crippen LogP contribution in [0.2, 0.25) is 0 Å². The Morgan fingerprint density at radius 2 is 2.04 bits per heavy atom. The summed E-state index contributed by atoms with van der Waals surface area (Å²) in [4.78, 5) is 18.1. The van der Waals surface area contributed by atoms with Crippen LogP contribution in [0.25, 0.3) is 11.3 Å². The minimum Gasteiger partial charge on any atom is -0.496 e. The molecule has 0 fully saturated rings. The fraction of sp³-hybridized carbons (Fsp3) is 0.111. The Labute approximate surface area is 151 Å². The van der Waals surface area contributed by atoms with Crippen molar-refractivity contribution in [3.63, 3.8) is 0 Å². The van der Waals surface area contributed by atoms with E-state index in [2.05, 4.69) is 26.2 Å². The number of carbonyl (C=O) groups is 1. The molecule has 0 aliphatic heterocycles. The van der Waals surface area contributed by atoms with E-state index in [4.69, 9.17) is 4.74 Å². The van der Waals surface area contributed by atoms with Crippen molar-refractivity contribution >= 4 is 38.3 Å². The third kappa shape index (κ3) is 2.52. The first-order valence-electron chi connectivity index (χ1n) is 7.39. The first kappa shape index (κ1) is 15.4. The van der Waals surface area contributed by atoms with E-state index in [1.807, 2.05) is 30.3 Å². The van der Waals surface area contributed by atoms with Crippen molar-refractivity contribution in [2.45, 2.75) is 6.42 Å². The molecule has 2 aromatic carbocycles. The summed E-state index contributed by atoms with van der Waals surface area (Å²) >= 11 is 5.11. The van der Waals surface area contributed by atoms with Crippen LogP contribution in [0, 0.1) is 0 Å². The van der Waals surface area contributed by atoms with Gasteiger partial charge in [0.2, 0.25) is 0 Å². The van der Waals surface area contributed by atoms with Gasteiger partial charge in [-0.05, 0) is 29.8 Å². The maximum atomic E-state index is 12.3. The molecule has 120 valence electrons. The molecular weight excluding hydrogens is 388 g/mol. The van der Waals surface area contributed by atoms with Gasteiger partial charge >= 0.3 is 0 Å². The number of rotatable bonds is 3. The lowest BCUT2D eigenvalue weighted by Crippen LogP contribution is -2.11. The zero-order valence-corrected chi connectivity index (χ0v) is 15.2. The molecule has 4 rings (SSSR count). The molecule has 1 aliphatic rings. The number of ether oxygens (including phenoxy) is 1. The summed E-state index contributed by atoms with van der Waals surface area (Å²) < 4.78 is 6.54. The van der Waals surface area contributed by atoms with E-state index < -0.39 is 0 Å².